The normalized spacial score (nSPS) is 22.2. The summed E-state index contributed by atoms with van der Waals surface area (Å²) in [6, 6.07) is 12.2. The fraction of sp³-hybridized carbons (Fsp3) is 0.458. The zero-order chi connectivity index (χ0) is 23.6. The van der Waals surface area contributed by atoms with Crippen molar-refractivity contribution in [1.29, 1.82) is 0 Å². The van der Waals surface area contributed by atoms with Gasteiger partial charge in [0.15, 0.2) is 9.84 Å². The number of sulfone groups is 1. The van der Waals surface area contributed by atoms with Crippen molar-refractivity contribution in [2.24, 2.45) is 0 Å². The Labute approximate surface area is 195 Å². The van der Waals surface area contributed by atoms with Gasteiger partial charge in [-0.05, 0) is 61.4 Å². The van der Waals surface area contributed by atoms with Crippen molar-refractivity contribution in [2.45, 2.75) is 25.4 Å². The van der Waals surface area contributed by atoms with Gasteiger partial charge in [0.2, 0.25) is 5.91 Å². The molecule has 0 saturated carbocycles. The number of methoxy groups -OCH3 is 2. The Morgan fingerprint density at radius 2 is 1.67 bits per heavy atom. The van der Waals surface area contributed by atoms with E-state index >= 15 is 0 Å². The van der Waals surface area contributed by atoms with Gasteiger partial charge in [-0.3, -0.25) is 9.69 Å². The van der Waals surface area contributed by atoms with Crippen molar-refractivity contribution in [2.75, 3.05) is 50.3 Å². The molecule has 0 unspecified atom stereocenters. The van der Waals surface area contributed by atoms with E-state index in [2.05, 4.69) is 0 Å². The van der Waals surface area contributed by atoms with Crippen LogP contribution in [0.3, 0.4) is 0 Å². The Hall–Kier alpha value is -2.78. The van der Waals surface area contributed by atoms with E-state index in [0.717, 1.165) is 22.8 Å². The number of piperazine rings is 1. The number of nitrogens with zero attached hydrogens (tertiary/aromatic N) is 2. The monoisotopic (exact) mass is 474 g/mol. The minimum atomic E-state index is -3.25. The smallest absolute Gasteiger partial charge is 0.241 e. The summed E-state index contributed by atoms with van der Waals surface area (Å²) in [5.74, 6) is 2.10. The van der Waals surface area contributed by atoms with Crippen molar-refractivity contribution in [3.05, 3.63) is 48.0 Å². The largest absolute Gasteiger partial charge is 0.497 e. The third kappa shape index (κ3) is 4.94. The van der Waals surface area contributed by atoms with Crippen LogP contribution >= 0.6 is 0 Å². The van der Waals surface area contributed by atoms with Crippen LogP contribution in [0.5, 0.6) is 17.2 Å². The summed E-state index contributed by atoms with van der Waals surface area (Å²) in [6.07, 6.45) is 0.611. The number of amides is 1. The molecule has 8 nitrogen and oxygen atoms in total. The quantitative estimate of drug-likeness (QED) is 0.580. The Bertz CT molecular complexity index is 1100. The van der Waals surface area contributed by atoms with E-state index in [9.17, 15) is 13.2 Å². The molecule has 178 valence electrons. The van der Waals surface area contributed by atoms with Crippen molar-refractivity contribution < 1.29 is 27.4 Å². The highest BCUT2D eigenvalue weighted by molar-refractivity contribution is 7.91. The number of ether oxygens (including phenoxy) is 3. The molecule has 2 aromatic carbocycles. The van der Waals surface area contributed by atoms with Crippen molar-refractivity contribution in [1.82, 2.24) is 4.90 Å². The lowest BCUT2D eigenvalue weighted by Gasteiger charge is -2.43. The Kier molecular flexibility index (Phi) is 6.81. The first kappa shape index (κ1) is 23.4. The van der Waals surface area contributed by atoms with Gasteiger partial charge < -0.3 is 19.1 Å². The summed E-state index contributed by atoms with van der Waals surface area (Å²) < 4.78 is 41.5. The molecule has 2 aliphatic heterocycles. The third-order valence-corrected chi connectivity index (χ3v) is 7.98. The van der Waals surface area contributed by atoms with Crippen molar-refractivity contribution in [3.63, 3.8) is 0 Å². The molecule has 0 radical (unpaired) electrons. The van der Waals surface area contributed by atoms with Gasteiger partial charge in [0.05, 0.1) is 44.9 Å². The maximum Gasteiger partial charge on any atom is 0.241 e. The van der Waals surface area contributed by atoms with Gasteiger partial charge in [0, 0.05) is 18.3 Å². The maximum atomic E-state index is 13.2. The van der Waals surface area contributed by atoms with E-state index in [1.165, 1.54) is 0 Å². The second-order valence-electron chi connectivity index (χ2n) is 8.30. The van der Waals surface area contributed by atoms with Gasteiger partial charge in [-0.2, -0.15) is 0 Å². The van der Waals surface area contributed by atoms with E-state index in [-0.39, 0.29) is 30.0 Å². The molecule has 0 bridgehead atoms. The van der Waals surface area contributed by atoms with Gasteiger partial charge in [-0.15, -0.1) is 0 Å². The average molecular weight is 475 g/mol. The highest BCUT2D eigenvalue weighted by Gasteiger charge is 2.49. The van der Waals surface area contributed by atoms with Crippen molar-refractivity contribution in [3.8, 4) is 17.2 Å². The van der Waals surface area contributed by atoms with Crippen molar-refractivity contribution >= 4 is 21.4 Å². The second-order valence-corrected chi connectivity index (χ2v) is 10.5. The minimum absolute atomic E-state index is 0.0321. The fourth-order valence-electron chi connectivity index (χ4n) is 4.75. The van der Waals surface area contributed by atoms with Gasteiger partial charge in [0.25, 0.3) is 0 Å². The lowest BCUT2D eigenvalue weighted by atomic mass is 10.0. The molecule has 2 atom stereocenters. The molecule has 0 aromatic heterocycles. The predicted molar refractivity (Wildman–Crippen MR) is 126 cm³/mol. The third-order valence-electron chi connectivity index (χ3n) is 6.28. The molecule has 2 heterocycles. The van der Waals surface area contributed by atoms with Gasteiger partial charge in [-0.25, -0.2) is 8.42 Å². The lowest BCUT2D eigenvalue weighted by Crippen LogP contribution is -2.62. The van der Waals surface area contributed by atoms with Crippen LogP contribution in [0.15, 0.2) is 42.5 Å². The summed E-state index contributed by atoms with van der Waals surface area (Å²) in [5.41, 5.74) is 1.65. The number of anilines is 1. The average Bonchev–Trinajstić information content (AvgIpc) is 3.13. The summed E-state index contributed by atoms with van der Waals surface area (Å²) in [5, 5.41) is 0. The van der Waals surface area contributed by atoms with Gasteiger partial charge in [0.1, 0.15) is 17.2 Å². The van der Waals surface area contributed by atoms with Crippen LogP contribution in [-0.2, 0) is 21.1 Å². The first-order valence-electron chi connectivity index (χ1n) is 11.1. The summed E-state index contributed by atoms with van der Waals surface area (Å²) >= 11 is 0. The van der Waals surface area contributed by atoms with Crippen LogP contribution in [0.25, 0.3) is 0 Å². The molecule has 0 N–H and O–H groups in total. The predicted octanol–water partition coefficient (Wildman–Crippen LogP) is 2.16. The van der Waals surface area contributed by atoms with E-state index in [0.29, 0.717) is 25.3 Å². The summed E-state index contributed by atoms with van der Waals surface area (Å²) in [7, 11) is -0.0297. The lowest BCUT2D eigenvalue weighted by molar-refractivity contribution is -0.123. The minimum Gasteiger partial charge on any atom is -0.497 e. The van der Waals surface area contributed by atoms with Crippen LogP contribution < -0.4 is 19.1 Å². The van der Waals surface area contributed by atoms with Crippen LogP contribution in [0, 0.1) is 0 Å². The SMILES string of the molecule is CCOc1ccc(N2C(=O)CN(CCc3cc(OC)ccc3OC)[C@H]3CS(=O)(=O)C[C@H]32)cc1. The molecule has 2 aromatic rings. The van der Waals surface area contributed by atoms with Crippen LogP contribution in [0.4, 0.5) is 5.69 Å². The number of hydrogen-bond acceptors (Lipinski definition) is 7. The first-order valence-corrected chi connectivity index (χ1v) is 12.9. The van der Waals surface area contributed by atoms with Crippen LogP contribution in [0.1, 0.15) is 12.5 Å². The number of rotatable bonds is 8. The van der Waals surface area contributed by atoms with Crippen LogP contribution in [-0.4, -0.2) is 76.7 Å². The molecule has 4 rings (SSSR count). The topological polar surface area (TPSA) is 85.4 Å². The Morgan fingerprint density at radius 3 is 2.33 bits per heavy atom. The first-order chi connectivity index (χ1) is 15.8. The molecule has 1 amide bonds. The van der Waals surface area contributed by atoms with Crippen LogP contribution in [0.2, 0.25) is 0 Å². The number of benzene rings is 2. The molecule has 9 heteroatoms. The molecule has 0 spiro atoms. The zero-order valence-corrected chi connectivity index (χ0v) is 20.0. The Morgan fingerprint density at radius 1 is 0.970 bits per heavy atom. The maximum absolute atomic E-state index is 13.2. The molecule has 2 aliphatic rings. The standard InChI is InChI=1S/C24H30N2O6S/c1-4-32-19-7-5-18(6-8-19)26-22-16-33(28,29)15-21(22)25(14-24(26)27)12-11-17-13-20(30-2)9-10-23(17)31-3/h5-10,13,21-22H,4,11-12,14-16H2,1-3H3/t21-,22+/m0/s1. The fourth-order valence-corrected chi connectivity index (χ4v) is 6.73. The molecular weight excluding hydrogens is 444 g/mol. The molecule has 0 aliphatic carbocycles. The second kappa shape index (κ2) is 9.61. The van der Waals surface area contributed by atoms with Gasteiger partial charge >= 0.3 is 0 Å². The van der Waals surface area contributed by atoms with E-state index < -0.39 is 15.9 Å². The number of hydrogen-bond donors (Lipinski definition) is 0. The Balaban J connectivity index is 1.56. The van der Waals surface area contributed by atoms with E-state index in [1.807, 2.05) is 54.3 Å². The zero-order valence-electron chi connectivity index (χ0n) is 19.2. The number of carbonyl (C=O) groups excluding carboxylic acids is 1. The summed E-state index contributed by atoms with van der Waals surface area (Å²) in [4.78, 5) is 16.9. The molecule has 2 saturated heterocycles. The molecule has 2 fully saturated rings. The summed E-state index contributed by atoms with van der Waals surface area (Å²) in [6.45, 7) is 3.17. The van der Waals surface area contributed by atoms with E-state index in [1.54, 1.807) is 19.1 Å². The highest BCUT2D eigenvalue weighted by Crippen LogP contribution is 2.33. The van der Waals surface area contributed by atoms with E-state index in [4.69, 9.17) is 14.2 Å². The van der Waals surface area contributed by atoms with Gasteiger partial charge in [-0.1, -0.05) is 0 Å². The molecular formula is C24H30N2O6S. The molecule has 33 heavy (non-hydrogen) atoms. The number of carbonyl (C=O) groups is 1. The highest BCUT2D eigenvalue weighted by atomic mass is 32.2. The number of fused-ring (bicyclic) bond motifs is 1.